The number of amides is 1. The first-order valence-corrected chi connectivity index (χ1v) is 9.14. The molecule has 0 radical (unpaired) electrons. The zero-order valence-corrected chi connectivity index (χ0v) is 14.2. The Bertz CT molecular complexity index is 700. The minimum absolute atomic E-state index is 0.0497. The Morgan fingerprint density at radius 2 is 2.25 bits per heavy atom. The van der Waals surface area contributed by atoms with Crippen LogP contribution < -0.4 is 5.32 Å². The average Bonchev–Trinajstić information content (AvgIpc) is 3.23. The van der Waals surface area contributed by atoms with Gasteiger partial charge in [0, 0.05) is 36.8 Å². The van der Waals surface area contributed by atoms with Crippen molar-refractivity contribution in [3.8, 4) is 10.7 Å². The fraction of sp³-hybridized carbons (Fsp3) is 0.471. The number of rotatable bonds is 5. The summed E-state index contributed by atoms with van der Waals surface area (Å²) in [6.07, 6.45) is 3.12. The van der Waals surface area contributed by atoms with Crippen molar-refractivity contribution < 1.29 is 9.53 Å². The second-order valence-corrected chi connectivity index (χ2v) is 7.02. The molecule has 0 spiro atoms. The van der Waals surface area contributed by atoms with E-state index in [-0.39, 0.29) is 11.9 Å². The van der Waals surface area contributed by atoms with Crippen molar-refractivity contribution in [2.75, 3.05) is 26.3 Å². The maximum Gasteiger partial charge on any atom is 0.226 e. The van der Waals surface area contributed by atoms with E-state index in [1.165, 1.54) is 11.3 Å². The minimum Gasteiger partial charge on any atom is -0.379 e. The van der Waals surface area contributed by atoms with Crippen LogP contribution in [0.4, 0.5) is 0 Å². The summed E-state index contributed by atoms with van der Waals surface area (Å²) < 4.78 is 5.37. The number of pyridine rings is 1. The number of hydrogen-bond acceptors (Lipinski definition) is 6. The van der Waals surface area contributed by atoms with Crippen LogP contribution in [-0.4, -0.2) is 59.2 Å². The summed E-state index contributed by atoms with van der Waals surface area (Å²) in [4.78, 5) is 23.5. The van der Waals surface area contributed by atoms with Gasteiger partial charge in [-0.3, -0.25) is 14.7 Å². The third-order valence-corrected chi connectivity index (χ3v) is 5.31. The van der Waals surface area contributed by atoms with Gasteiger partial charge in [-0.25, -0.2) is 4.98 Å². The molecule has 1 aliphatic carbocycles. The van der Waals surface area contributed by atoms with E-state index in [0.29, 0.717) is 12.5 Å². The number of hydrogen-bond donors (Lipinski definition) is 1. The van der Waals surface area contributed by atoms with E-state index in [2.05, 4.69) is 20.2 Å². The largest absolute Gasteiger partial charge is 0.379 e. The molecule has 1 amide bonds. The quantitative estimate of drug-likeness (QED) is 0.886. The number of ether oxygens (including phenoxy) is 1. The number of aromatic nitrogens is 2. The highest BCUT2D eigenvalue weighted by molar-refractivity contribution is 7.13. The summed E-state index contributed by atoms with van der Waals surface area (Å²) in [5, 5.41) is 5.92. The second kappa shape index (κ2) is 6.96. The van der Waals surface area contributed by atoms with Crippen molar-refractivity contribution >= 4 is 17.2 Å². The molecule has 2 aromatic rings. The van der Waals surface area contributed by atoms with Crippen LogP contribution in [-0.2, 0) is 16.0 Å². The van der Waals surface area contributed by atoms with Crippen molar-refractivity contribution in [3.63, 3.8) is 0 Å². The van der Waals surface area contributed by atoms with E-state index in [1.807, 2.05) is 23.6 Å². The Kier molecular flexibility index (Phi) is 4.55. The summed E-state index contributed by atoms with van der Waals surface area (Å²) in [6.45, 7) is 3.53. The van der Waals surface area contributed by atoms with Gasteiger partial charge >= 0.3 is 0 Å². The molecule has 3 heterocycles. The lowest BCUT2D eigenvalue weighted by molar-refractivity contribution is -0.120. The Morgan fingerprint density at radius 1 is 1.38 bits per heavy atom. The van der Waals surface area contributed by atoms with Gasteiger partial charge in [0.2, 0.25) is 5.91 Å². The summed E-state index contributed by atoms with van der Waals surface area (Å²) in [6, 6.07) is 6.52. The minimum atomic E-state index is 0.0497. The first-order chi connectivity index (χ1) is 11.8. The van der Waals surface area contributed by atoms with Gasteiger partial charge in [0.15, 0.2) is 0 Å². The van der Waals surface area contributed by atoms with Gasteiger partial charge in [-0.05, 0) is 18.6 Å². The van der Waals surface area contributed by atoms with Crippen molar-refractivity contribution in [1.29, 1.82) is 0 Å². The average molecular weight is 344 g/mol. The van der Waals surface area contributed by atoms with E-state index >= 15 is 0 Å². The number of morpholine rings is 1. The van der Waals surface area contributed by atoms with Crippen molar-refractivity contribution in [2.24, 2.45) is 0 Å². The first kappa shape index (κ1) is 15.7. The van der Waals surface area contributed by atoms with Crippen LogP contribution in [0.2, 0.25) is 0 Å². The van der Waals surface area contributed by atoms with Crippen LogP contribution in [0.25, 0.3) is 10.7 Å². The number of nitrogens with one attached hydrogen (secondary N) is 1. The Hall–Kier alpha value is -1.83. The third-order valence-electron chi connectivity index (χ3n) is 4.40. The highest BCUT2D eigenvalue weighted by atomic mass is 32.1. The normalized spacial score (nSPS) is 23.8. The van der Waals surface area contributed by atoms with Crippen molar-refractivity contribution in [1.82, 2.24) is 20.2 Å². The van der Waals surface area contributed by atoms with E-state index in [1.54, 1.807) is 6.20 Å². The molecule has 2 aromatic heterocycles. The van der Waals surface area contributed by atoms with Crippen molar-refractivity contribution in [2.45, 2.75) is 24.9 Å². The topological polar surface area (TPSA) is 67.4 Å². The molecule has 1 aliphatic heterocycles. The molecule has 0 bridgehead atoms. The lowest BCUT2D eigenvalue weighted by atomic mass is 10.3. The van der Waals surface area contributed by atoms with Crippen LogP contribution >= 0.6 is 11.3 Å². The fourth-order valence-corrected chi connectivity index (χ4v) is 3.86. The van der Waals surface area contributed by atoms with Gasteiger partial charge in [-0.1, -0.05) is 6.07 Å². The molecule has 0 unspecified atom stereocenters. The van der Waals surface area contributed by atoms with Gasteiger partial charge in [-0.2, -0.15) is 0 Å². The maximum atomic E-state index is 12.2. The van der Waals surface area contributed by atoms with Crippen LogP contribution in [0.1, 0.15) is 12.1 Å². The van der Waals surface area contributed by atoms with Crippen molar-refractivity contribution in [3.05, 3.63) is 35.5 Å². The molecule has 1 saturated carbocycles. The lowest BCUT2D eigenvalue weighted by Gasteiger charge is -2.26. The predicted molar refractivity (Wildman–Crippen MR) is 91.8 cm³/mol. The molecule has 1 saturated heterocycles. The molecular formula is C17H20N4O2S. The highest BCUT2D eigenvalue weighted by Gasteiger charge is 2.42. The molecule has 7 heteroatoms. The zero-order chi connectivity index (χ0) is 16.4. The van der Waals surface area contributed by atoms with Crippen LogP contribution in [0, 0.1) is 0 Å². The molecule has 4 rings (SSSR count). The van der Waals surface area contributed by atoms with E-state index in [0.717, 1.165) is 49.1 Å². The predicted octanol–water partition coefficient (Wildman–Crippen LogP) is 1.34. The van der Waals surface area contributed by atoms with E-state index in [4.69, 9.17) is 4.74 Å². The number of thiazole rings is 1. The smallest absolute Gasteiger partial charge is 0.226 e. The third kappa shape index (κ3) is 3.63. The molecule has 2 fully saturated rings. The molecule has 24 heavy (non-hydrogen) atoms. The van der Waals surface area contributed by atoms with Gasteiger partial charge in [-0.15, -0.1) is 11.3 Å². The standard InChI is InChI=1S/C17H20N4O2S/c22-16(20-14-10-15(14)21-5-7-23-8-6-21)9-12-11-24-17(19-12)13-3-1-2-4-18-13/h1-4,11,14-15H,5-10H2,(H,20,22)/t14-,15+/m1/s1. The fourth-order valence-electron chi connectivity index (χ4n) is 3.07. The summed E-state index contributed by atoms with van der Waals surface area (Å²) in [5.41, 5.74) is 1.66. The van der Waals surface area contributed by atoms with Crippen LogP contribution in [0.15, 0.2) is 29.8 Å². The lowest BCUT2D eigenvalue weighted by Crippen LogP contribution is -2.41. The van der Waals surface area contributed by atoms with Gasteiger partial charge in [0.1, 0.15) is 5.01 Å². The number of carbonyl (C=O) groups is 1. The number of nitrogens with zero attached hydrogens (tertiary/aromatic N) is 3. The molecule has 0 aromatic carbocycles. The Labute approximate surface area is 144 Å². The first-order valence-electron chi connectivity index (χ1n) is 8.26. The molecule has 1 N–H and O–H groups in total. The van der Waals surface area contributed by atoms with E-state index in [9.17, 15) is 4.79 Å². The second-order valence-electron chi connectivity index (χ2n) is 6.16. The summed E-state index contributed by atoms with van der Waals surface area (Å²) in [5.74, 6) is 0.0497. The Balaban J connectivity index is 1.29. The summed E-state index contributed by atoms with van der Waals surface area (Å²) in [7, 11) is 0. The monoisotopic (exact) mass is 344 g/mol. The van der Waals surface area contributed by atoms with Crippen LogP contribution in [0.5, 0.6) is 0 Å². The van der Waals surface area contributed by atoms with Gasteiger partial charge < -0.3 is 10.1 Å². The van der Waals surface area contributed by atoms with Gasteiger partial charge in [0.25, 0.3) is 0 Å². The summed E-state index contributed by atoms with van der Waals surface area (Å²) >= 11 is 1.53. The molecule has 6 nitrogen and oxygen atoms in total. The molecule has 2 atom stereocenters. The number of carbonyl (C=O) groups excluding carboxylic acids is 1. The highest BCUT2D eigenvalue weighted by Crippen LogP contribution is 2.29. The van der Waals surface area contributed by atoms with Gasteiger partial charge in [0.05, 0.1) is 31.0 Å². The Morgan fingerprint density at radius 3 is 3.04 bits per heavy atom. The zero-order valence-electron chi connectivity index (χ0n) is 13.4. The SMILES string of the molecule is O=C(Cc1csc(-c2ccccn2)n1)N[C@@H]1C[C@@H]1N1CCOCC1. The molecule has 126 valence electrons. The molecular weight excluding hydrogens is 324 g/mol. The maximum absolute atomic E-state index is 12.2. The van der Waals surface area contributed by atoms with E-state index < -0.39 is 0 Å². The molecule has 2 aliphatic rings. The van der Waals surface area contributed by atoms with Crippen LogP contribution in [0.3, 0.4) is 0 Å².